The van der Waals surface area contributed by atoms with Crippen LogP contribution in [0.25, 0.3) is 10.9 Å². The van der Waals surface area contributed by atoms with E-state index >= 15 is 0 Å². The standard InChI is InChI=1S/C26H31N7O2/c1-18-9-10-19(2)23-21(18)17-22(26(34)27-23)24(25-28-29-30-33(25)15-16-35-3)32-13-11-31(12-14-32)20-7-5-4-6-8-20/h4-10,17,24H,11-16H2,1-3H3,(H,27,34)/t24-/m0/s1. The number of para-hydroxylation sites is 1. The second-order valence-corrected chi connectivity index (χ2v) is 9.06. The summed E-state index contributed by atoms with van der Waals surface area (Å²) in [5, 5.41) is 13.6. The summed E-state index contributed by atoms with van der Waals surface area (Å²) in [6, 6.07) is 16.2. The van der Waals surface area contributed by atoms with Gasteiger partial charge < -0.3 is 14.6 Å². The largest absolute Gasteiger partial charge is 0.383 e. The van der Waals surface area contributed by atoms with Crippen LogP contribution < -0.4 is 10.5 Å². The Morgan fingerprint density at radius 1 is 1.03 bits per heavy atom. The monoisotopic (exact) mass is 473 g/mol. The van der Waals surface area contributed by atoms with Gasteiger partial charge in [0.1, 0.15) is 6.04 Å². The minimum atomic E-state index is -0.368. The lowest BCUT2D eigenvalue weighted by Crippen LogP contribution is -2.49. The summed E-state index contributed by atoms with van der Waals surface area (Å²) in [6.07, 6.45) is 0. The first-order chi connectivity index (χ1) is 17.1. The number of tetrazole rings is 1. The number of fused-ring (bicyclic) bond motifs is 1. The summed E-state index contributed by atoms with van der Waals surface area (Å²) in [6.45, 7) is 8.35. The summed E-state index contributed by atoms with van der Waals surface area (Å²) in [5.41, 5.74) is 4.81. The van der Waals surface area contributed by atoms with Gasteiger partial charge in [-0.05, 0) is 53.6 Å². The smallest absolute Gasteiger partial charge is 0.253 e. The van der Waals surface area contributed by atoms with Gasteiger partial charge in [-0.2, -0.15) is 0 Å². The van der Waals surface area contributed by atoms with Crippen LogP contribution in [0.15, 0.2) is 53.3 Å². The van der Waals surface area contributed by atoms with E-state index in [2.05, 4.69) is 67.6 Å². The molecule has 4 aromatic rings. The number of piperazine rings is 1. The zero-order chi connectivity index (χ0) is 24.4. The highest BCUT2D eigenvalue weighted by molar-refractivity contribution is 5.85. The van der Waals surface area contributed by atoms with Crippen LogP contribution in [0.2, 0.25) is 0 Å². The van der Waals surface area contributed by atoms with E-state index in [-0.39, 0.29) is 11.6 Å². The van der Waals surface area contributed by atoms with Crippen molar-refractivity contribution in [3.63, 3.8) is 0 Å². The van der Waals surface area contributed by atoms with E-state index in [0.29, 0.717) is 24.5 Å². The van der Waals surface area contributed by atoms with E-state index in [0.717, 1.165) is 48.2 Å². The summed E-state index contributed by atoms with van der Waals surface area (Å²) < 4.78 is 7.02. The van der Waals surface area contributed by atoms with Crippen LogP contribution in [0.3, 0.4) is 0 Å². The van der Waals surface area contributed by atoms with E-state index in [1.165, 1.54) is 5.69 Å². The van der Waals surface area contributed by atoms with E-state index in [1.54, 1.807) is 11.8 Å². The highest BCUT2D eigenvalue weighted by Crippen LogP contribution is 2.30. The molecule has 1 saturated heterocycles. The first-order valence-corrected chi connectivity index (χ1v) is 12.0. The van der Waals surface area contributed by atoms with Crippen LogP contribution in [0.1, 0.15) is 28.6 Å². The van der Waals surface area contributed by atoms with Crippen molar-refractivity contribution in [2.24, 2.45) is 0 Å². The molecule has 9 heteroatoms. The third-order valence-corrected chi connectivity index (χ3v) is 6.88. The molecule has 3 heterocycles. The van der Waals surface area contributed by atoms with Crippen molar-refractivity contribution in [3.05, 3.63) is 81.4 Å². The summed E-state index contributed by atoms with van der Waals surface area (Å²) >= 11 is 0. The Kier molecular flexibility index (Phi) is 6.61. The zero-order valence-electron chi connectivity index (χ0n) is 20.4. The second-order valence-electron chi connectivity index (χ2n) is 9.06. The Bertz CT molecular complexity index is 1360. The number of benzene rings is 2. The Labute approximate surface area is 204 Å². The number of H-pyrrole nitrogens is 1. The van der Waals surface area contributed by atoms with Gasteiger partial charge in [0.05, 0.1) is 18.7 Å². The van der Waals surface area contributed by atoms with Crippen LogP contribution in [-0.4, -0.2) is 70.0 Å². The van der Waals surface area contributed by atoms with Crippen LogP contribution in [0, 0.1) is 13.8 Å². The number of aromatic amines is 1. The van der Waals surface area contributed by atoms with Crippen LogP contribution in [0.5, 0.6) is 0 Å². The summed E-state index contributed by atoms with van der Waals surface area (Å²) in [7, 11) is 1.66. The first kappa shape index (κ1) is 23.2. The molecule has 35 heavy (non-hydrogen) atoms. The lowest BCUT2D eigenvalue weighted by Gasteiger charge is -2.39. The molecule has 0 spiro atoms. The van der Waals surface area contributed by atoms with Gasteiger partial charge in [0.2, 0.25) is 0 Å². The van der Waals surface area contributed by atoms with Gasteiger partial charge in [0.15, 0.2) is 5.82 Å². The fraction of sp³-hybridized carbons (Fsp3) is 0.385. The minimum Gasteiger partial charge on any atom is -0.383 e. The minimum absolute atomic E-state index is 0.108. The third kappa shape index (κ3) is 4.56. The number of nitrogens with zero attached hydrogens (tertiary/aromatic N) is 6. The van der Waals surface area contributed by atoms with Crippen molar-refractivity contribution >= 4 is 16.6 Å². The SMILES string of the molecule is COCCn1nnnc1[C@H](c1cc2c(C)ccc(C)c2[nH]c1=O)N1CCN(c2ccccc2)CC1. The number of rotatable bonds is 7. The van der Waals surface area contributed by atoms with E-state index < -0.39 is 0 Å². The lowest BCUT2D eigenvalue weighted by atomic mass is 9.99. The second kappa shape index (κ2) is 9.97. The van der Waals surface area contributed by atoms with Gasteiger partial charge in [-0.1, -0.05) is 30.3 Å². The quantitative estimate of drug-likeness (QED) is 0.441. The Morgan fingerprint density at radius 2 is 1.77 bits per heavy atom. The Balaban J connectivity index is 1.56. The van der Waals surface area contributed by atoms with Crippen LogP contribution in [0.4, 0.5) is 5.69 Å². The van der Waals surface area contributed by atoms with Crippen molar-refractivity contribution in [1.29, 1.82) is 0 Å². The van der Waals surface area contributed by atoms with Crippen LogP contribution in [-0.2, 0) is 11.3 Å². The molecule has 2 aromatic carbocycles. The fourth-order valence-electron chi connectivity index (χ4n) is 4.92. The average Bonchev–Trinajstić information content (AvgIpc) is 3.35. The number of anilines is 1. The maximum absolute atomic E-state index is 13.5. The summed E-state index contributed by atoms with van der Waals surface area (Å²) in [5.74, 6) is 0.658. The molecule has 0 aliphatic carbocycles. The van der Waals surface area contributed by atoms with Gasteiger partial charge >= 0.3 is 0 Å². The van der Waals surface area contributed by atoms with E-state index in [4.69, 9.17) is 4.74 Å². The molecule has 0 unspecified atom stereocenters. The lowest BCUT2D eigenvalue weighted by molar-refractivity contribution is 0.171. The number of aryl methyl sites for hydroxylation is 2. The third-order valence-electron chi connectivity index (χ3n) is 6.88. The molecule has 0 saturated carbocycles. The van der Waals surface area contributed by atoms with Gasteiger partial charge in [-0.3, -0.25) is 9.69 Å². The molecule has 0 amide bonds. The molecular weight excluding hydrogens is 442 g/mol. The molecule has 1 fully saturated rings. The number of nitrogens with one attached hydrogen (secondary N) is 1. The predicted octanol–water partition coefficient (Wildman–Crippen LogP) is 2.69. The molecule has 1 aliphatic rings. The highest BCUT2D eigenvalue weighted by Gasteiger charge is 2.33. The molecule has 1 aliphatic heterocycles. The number of pyridine rings is 1. The summed E-state index contributed by atoms with van der Waals surface area (Å²) in [4.78, 5) is 21.3. The normalized spacial score (nSPS) is 15.6. The van der Waals surface area contributed by atoms with Gasteiger partial charge in [-0.25, -0.2) is 4.68 Å². The topological polar surface area (TPSA) is 92.2 Å². The number of ether oxygens (including phenoxy) is 1. The maximum atomic E-state index is 13.5. The van der Waals surface area contributed by atoms with Crippen molar-refractivity contribution in [3.8, 4) is 0 Å². The zero-order valence-corrected chi connectivity index (χ0v) is 20.4. The van der Waals surface area contributed by atoms with E-state index in [9.17, 15) is 4.79 Å². The molecule has 182 valence electrons. The van der Waals surface area contributed by atoms with E-state index in [1.807, 2.05) is 25.1 Å². The molecule has 1 atom stereocenters. The Hall–Kier alpha value is -3.56. The Morgan fingerprint density at radius 3 is 2.51 bits per heavy atom. The predicted molar refractivity (Wildman–Crippen MR) is 136 cm³/mol. The van der Waals surface area contributed by atoms with Crippen molar-refractivity contribution in [2.75, 3.05) is 44.8 Å². The van der Waals surface area contributed by atoms with Crippen LogP contribution >= 0.6 is 0 Å². The maximum Gasteiger partial charge on any atom is 0.253 e. The van der Waals surface area contributed by atoms with Crippen molar-refractivity contribution < 1.29 is 4.74 Å². The molecule has 0 radical (unpaired) electrons. The number of methoxy groups -OCH3 is 1. The van der Waals surface area contributed by atoms with Crippen molar-refractivity contribution in [2.45, 2.75) is 26.4 Å². The van der Waals surface area contributed by atoms with Gasteiger partial charge in [-0.15, -0.1) is 5.10 Å². The van der Waals surface area contributed by atoms with Gasteiger partial charge in [0.25, 0.3) is 5.56 Å². The molecule has 2 aromatic heterocycles. The first-order valence-electron chi connectivity index (χ1n) is 12.0. The average molecular weight is 474 g/mol. The van der Waals surface area contributed by atoms with Crippen molar-refractivity contribution in [1.82, 2.24) is 30.1 Å². The highest BCUT2D eigenvalue weighted by atomic mass is 16.5. The number of hydrogen-bond donors (Lipinski definition) is 1. The molecule has 0 bridgehead atoms. The fourth-order valence-corrected chi connectivity index (χ4v) is 4.92. The molecular formula is C26H31N7O2. The van der Waals surface area contributed by atoms with Gasteiger partial charge in [0, 0.05) is 49.9 Å². The molecule has 1 N–H and O–H groups in total. The molecule has 5 rings (SSSR count). The number of aromatic nitrogens is 5. The number of hydrogen-bond acceptors (Lipinski definition) is 7. The molecule has 9 nitrogen and oxygen atoms in total.